The average molecular weight is 238 g/mol. The van der Waals surface area contributed by atoms with E-state index in [2.05, 4.69) is 0 Å². The fourth-order valence-corrected chi connectivity index (χ4v) is 1.09. The van der Waals surface area contributed by atoms with Crippen molar-refractivity contribution in [1.82, 2.24) is 0 Å². The zero-order chi connectivity index (χ0) is 9.94. The molecule has 1 unspecified atom stereocenters. The van der Waals surface area contributed by atoms with Gasteiger partial charge in [-0.05, 0) is 0 Å². The number of carboxylic acid groups (broad SMARTS) is 2. The van der Waals surface area contributed by atoms with Crippen molar-refractivity contribution >= 4 is 22.1 Å². The minimum absolute atomic E-state index is 0. The summed E-state index contributed by atoms with van der Waals surface area (Å²) in [6, 6.07) is 0. The molecule has 0 aliphatic heterocycles. The largest absolute Gasteiger partial charge is 1.00 e. The fourth-order valence-electron chi connectivity index (χ4n) is 0.479. The Morgan fingerprint density at radius 1 is 1.31 bits per heavy atom. The van der Waals surface area contributed by atoms with Crippen LogP contribution in [0.4, 0.5) is 0 Å². The van der Waals surface area contributed by atoms with Crippen molar-refractivity contribution in [2.45, 2.75) is 11.7 Å². The molecule has 0 aliphatic carbocycles. The van der Waals surface area contributed by atoms with Crippen LogP contribution < -0.4 is 51.4 Å². The first kappa shape index (κ1) is 15.9. The molecule has 0 bridgehead atoms. The third-order valence-corrected chi connectivity index (χ3v) is 2.08. The van der Waals surface area contributed by atoms with Crippen LogP contribution >= 0.6 is 0 Å². The number of carbonyl (C=O) groups is 2. The summed E-state index contributed by atoms with van der Waals surface area (Å²) in [7, 11) is -4.84. The number of hydrogen-bond acceptors (Lipinski definition) is 4. The minimum Gasteiger partial charge on any atom is -1.00 e. The fraction of sp³-hybridized carbons (Fsp3) is 0.500. The van der Waals surface area contributed by atoms with E-state index in [0.717, 1.165) is 0 Å². The number of rotatable bonds is 4. The molecule has 0 fully saturated rings. The van der Waals surface area contributed by atoms with Gasteiger partial charge < -0.3 is 11.6 Å². The quantitative estimate of drug-likeness (QED) is 0.335. The standard InChI is InChI=1S/C4H6O7S.K.H/c5-3(6)1-2(4(7)8)12(9,10)11;;/h2H,1H2,(H,5,6)(H,7,8)(H,9,10,11);;/q;+1;-1. The second-order valence-electron chi connectivity index (χ2n) is 1.94. The molecule has 0 aliphatic rings. The van der Waals surface area contributed by atoms with Crippen LogP contribution in [0.5, 0.6) is 0 Å². The summed E-state index contributed by atoms with van der Waals surface area (Å²) in [5, 5.41) is 13.9. The average Bonchev–Trinajstić information content (AvgIpc) is 1.79. The van der Waals surface area contributed by atoms with Gasteiger partial charge in [-0.1, -0.05) is 0 Å². The van der Waals surface area contributed by atoms with Gasteiger partial charge >= 0.3 is 63.3 Å². The maximum absolute atomic E-state index is 10.2. The topological polar surface area (TPSA) is 129 Å². The van der Waals surface area contributed by atoms with Crippen molar-refractivity contribution < 1.29 is 85.6 Å². The van der Waals surface area contributed by atoms with Crippen molar-refractivity contribution in [3.05, 3.63) is 0 Å². The first-order valence-corrected chi connectivity index (χ1v) is 4.16. The first-order chi connectivity index (χ1) is 5.25. The summed E-state index contributed by atoms with van der Waals surface area (Å²) in [5.41, 5.74) is 0. The molecule has 9 heteroatoms. The molecule has 0 heterocycles. The van der Waals surface area contributed by atoms with Crippen LogP contribution in [-0.2, 0) is 19.7 Å². The summed E-state index contributed by atoms with van der Waals surface area (Å²) in [4.78, 5) is 20.0. The van der Waals surface area contributed by atoms with Crippen molar-refractivity contribution in [1.29, 1.82) is 0 Å². The van der Waals surface area contributed by atoms with Gasteiger partial charge in [0, 0.05) is 0 Å². The number of aliphatic carboxylic acids is 2. The molecule has 13 heavy (non-hydrogen) atoms. The van der Waals surface area contributed by atoms with Crippen molar-refractivity contribution in [2.75, 3.05) is 0 Å². The van der Waals surface area contributed by atoms with Crippen LogP contribution in [0.25, 0.3) is 0 Å². The molecular formula is C4H7KO7S. The van der Waals surface area contributed by atoms with E-state index in [1.807, 2.05) is 0 Å². The van der Waals surface area contributed by atoms with Gasteiger partial charge in [0.1, 0.15) is 0 Å². The van der Waals surface area contributed by atoms with Crippen LogP contribution in [0.3, 0.4) is 0 Å². The van der Waals surface area contributed by atoms with E-state index < -0.39 is 33.7 Å². The normalized spacial score (nSPS) is 12.7. The Morgan fingerprint density at radius 2 is 1.69 bits per heavy atom. The van der Waals surface area contributed by atoms with E-state index in [-0.39, 0.29) is 52.8 Å². The molecule has 72 valence electrons. The van der Waals surface area contributed by atoms with Gasteiger partial charge in [0.15, 0.2) is 5.25 Å². The Bertz CT molecular complexity index is 299. The van der Waals surface area contributed by atoms with Gasteiger partial charge in [0.25, 0.3) is 10.1 Å². The van der Waals surface area contributed by atoms with Crippen LogP contribution in [0.1, 0.15) is 7.85 Å². The zero-order valence-corrected chi connectivity index (χ0v) is 10.6. The Balaban J connectivity index is -0.000000605. The van der Waals surface area contributed by atoms with E-state index in [0.29, 0.717) is 0 Å². The predicted octanol–water partition coefficient (Wildman–Crippen LogP) is -4.08. The Morgan fingerprint density at radius 3 is 1.77 bits per heavy atom. The summed E-state index contributed by atoms with van der Waals surface area (Å²) in [5.74, 6) is -3.50. The third-order valence-electron chi connectivity index (χ3n) is 0.995. The molecule has 0 radical (unpaired) electrons. The summed E-state index contributed by atoms with van der Waals surface area (Å²) < 4.78 is 28.7. The summed E-state index contributed by atoms with van der Waals surface area (Å²) >= 11 is 0. The molecule has 7 nitrogen and oxygen atoms in total. The van der Waals surface area contributed by atoms with Crippen LogP contribution in [0, 0.1) is 0 Å². The molecule has 1 atom stereocenters. The third kappa shape index (κ3) is 6.54. The molecule has 3 N–H and O–H groups in total. The second-order valence-corrected chi connectivity index (χ2v) is 3.54. The molecule has 0 amide bonds. The van der Waals surface area contributed by atoms with Crippen molar-refractivity contribution in [2.24, 2.45) is 0 Å². The van der Waals surface area contributed by atoms with Crippen LogP contribution in [-0.4, -0.2) is 40.4 Å². The van der Waals surface area contributed by atoms with Gasteiger partial charge in [-0.25, -0.2) is 0 Å². The van der Waals surface area contributed by atoms with E-state index in [9.17, 15) is 18.0 Å². The molecule has 0 spiro atoms. The van der Waals surface area contributed by atoms with E-state index in [1.54, 1.807) is 0 Å². The molecular weight excluding hydrogens is 231 g/mol. The summed E-state index contributed by atoms with van der Waals surface area (Å²) in [6.07, 6.45) is -1.16. The van der Waals surface area contributed by atoms with Crippen LogP contribution in [0.2, 0.25) is 0 Å². The Labute approximate surface area is 118 Å². The Kier molecular flexibility index (Phi) is 7.43. The molecule has 0 aromatic rings. The van der Waals surface area contributed by atoms with E-state index in [1.165, 1.54) is 0 Å². The summed E-state index contributed by atoms with van der Waals surface area (Å²) in [6.45, 7) is 0. The smallest absolute Gasteiger partial charge is 1.00 e. The molecule has 0 rings (SSSR count). The molecule has 0 saturated carbocycles. The second kappa shape index (κ2) is 6.06. The Hall–Kier alpha value is 0.486. The molecule has 0 aromatic carbocycles. The monoisotopic (exact) mass is 238 g/mol. The zero-order valence-electron chi connectivity index (χ0n) is 7.67. The van der Waals surface area contributed by atoms with Crippen molar-refractivity contribution in [3.8, 4) is 0 Å². The van der Waals surface area contributed by atoms with Crippen molar-refractivity contribution in [3.63, 3.8) is 0 Å². The molecule has 0 aromatic heterocycles. The van der Waals surface area contributed by atoms with Gasteiger partial charge in [-0.2, -0.15) is 8.42 Å². The minimum atomic E-state index is -4.84. The van der Waals surface area contributed by atoms with Crippen LogP contribution in [0.15, 0.2) is 0 Å². The first-order valence-electron chi connectivity index (χ1n) is 2.66. The van der Waals surface area contributed by atoms with Gasteiger partial charge in [0.05, 0.1) is 6.42 Å². The maximum Gasteiger partial charge on any atom is 1.00 e. The number of carboxylic acids is 2. The van der Waals surface area contributed by atoms with Gasteiger partial charge in [0.2, 0.25) is 0 Å². The maximum atomic E-state index is 10.2. The SMILES string of the molecule is O=C(O)CC(C(=O)O)S(=O)(=O)O.[H-].[K+]. The van der Waals surface area contributed by atoms with E-state index in [4.69, 9.17) is 14.8 Å². The predicted molar refractivity (Wildman–Crippen MR) is 36.3 cm³/mol. The number of hydrogen-bond donors (Lipinski definition) is 3. The molecule has 0 saturated heterocycles. The van der Waals surface area contributed by atoms with Gasteiger partial charge in [-0.15, -0.1) is 0 Å². The van der Waals surface area contributed by atoms with E-state index >= 15 is 0 Å². The van der Waals surface area contributed by atoms with Gasteiger partial charge in [-0.3, -0.25) is 14.1 Å².